The van der Waals surface area contributed by atoms with E-state index < -0.39 is 12.1 Å². The summed E-state index contributed by atoms with van der Waals surface area (Å²) in [6.45, 7) is 2.25. The zero-order valence-electron chi connectivity index (χ0n) is 11.6. The van der Waals surface area contributed by atoms with Gasteiger partial charge in [-0.3, -0.25) is 4.79 Å². The van der Waals surface area contributed by atoms with Crippen molar-refractivity contribution in [2.45, 2.75) is 51.2 Å². The number of urea groups is 1. The maximum Gasteiger partial charge on any atom is 0.315 e. The van der Waals surface area contributed by atoms with E-state index in [-0.39, 0.29) is 25.0 Å². The third-order valence-electron chi connectivity index (χ3n) is 3.37. The van der Waals surface area contributed by atoms with E-state index in [0.717, 1.165) is 18.8 Å². The first-order valence-electron chi connectivity index (χ1n) is 6.84. The molecule has 0 aliphatic heterocycles. The molecule has 6 nitrogen and oxygen atoms in total. The van der Waals surface area contributed by atoms with Gasteiger partial charge in [-0.15, -0.1) is 0 Å². The van der Waals surface area contributed by atoms with Gasteiger partial charge in [0.05, 0.1) is 12.5 Å². The van der Waals surface area contributed by atoms with Crippen LogP contribution in [0.25, 0.3) is 0 Å². The highest BCUT2D eigenvalue weighted by Gasteiger charge is 2.25. The minimum absolute atomic E-state index is 0.115. The Labute approximate surface area is 113 Å². The second kappa shape index (κ2) is 7.99. The molecule has 6 heteroatoms. The molecule has 1 aliphatic rings. The fourth-order valence-corrected chi connectivity index (χ4v) is 1.96. The lowest BCUT2D eigenvalue weighted by Gasteiger charge is -2.19. The summed E-state index contributed by atoms with van der Waals surface area (Å²) in [4.78, 5) is 22.3. The van der Waals surface area contributed by atoms with Crippen LogP contribution in [0.4, 0.5) is 4.79 Å². The highest BCUT2D eigenvalue weighted by molar-refractivity contribution is 5.74. The number of carbonyl (C=O) groups excluding carboxylic acids is 1. The van der Waals surface area contributed by atoms with Gasteiger partial charge in [-0.2, -0.15) is 0 Å². The number of methoxy groups -OCH3 is 1. The highest BCUT2D eigenvalue weighted by Crippen LogP contribution is 2.33. The fourth-order valence-electron chi connectivity index (χ4n) is 1.96. The summed E-state index contributed by atoms with van der Waals surface area (Å²) in [5.41, 5.74) is 0. The molecule has 0 spiro atoms. The molecule has 0 radical (unpaired) electrons. The number of aliphatic carboxylic acids is 1. The lowest BCUT2D eigenvalue weighted by Crippen LogP contribution is -2.45. The molecule has 1 fully saturated rings. The van der Waals surface area contributed by atoms with Crippen molar-refractivity contribution in [2.24, 2.45) is 5.92 Å². The molecule has 2 amide bonds. The van der Waals surface area contributed by atoms with Gasteiger partial charge in [-0.1, -0.05) is 19.8 Å². The molecule has 0 aromatic carbocycles. The van der Waals surface area contributed by atoms with E-state index >= 15 is 0 Å². The number of carboxylic acids is 1. The first-order chi connectivity index (χ1) is 9.05. The molecule has 19 heavy (non-hydrogen) atoms. The van der Waals surface area contributed by atoms with Crippen LogP contribution in [0.3, 0.4) is 0 Å². The number of ether oxygens (including phenoxy) is 1. The van der Waals surface area contributed by atoms with Crippen molar-refractivity contribution in [1.29, 1.82) is 0 Å². The van der Waals surface area contributed by atoms with Gasteiger partial charge in [0.15, 0.2) is 0 Å². The number of amides is 2. The lowest BCUT2D eigenvalue weighted by molar-refractivity contribution is -0.139. The Balaban J connectivity index is 2.22. The van der Waals surface area contributed by atoms with Gasteiger partial charge in [0.25, 0.3) is 0 Å². The van der Waals surface area contributed by atoms with Crippen LogP contribution in [0.2, 0.25) is 0 Å². The molecular formula is C13H24N2O4. The van der Waals surface area contributed by atoms with E-state index in [4.69, 9.17) is 9.84 Å². The number of hydrogen-bond donors (Lipinski definition) is 3. The second-order valence-corrected chi connectivity index (χ2v) is 5.09. The maximum absolute atomic E-state index is 11.7. The van der Waals surface area contributed by atoms with Crippen molar-refractivity contribution in [3.63, 3.8) is 0 Å². The van der Waals surface area contributed by atoms with Gasteiger partial charge in [-0.05, 0) is 18.8 Å². The number of rotatable bonds is 9. The Morgan fingerprint density at radius 2 is 2.11 bits per heavy atom. The minimum Gasteiger partial charge on any atom is -0.481 e. The van der Waals surface area contributed by atoms with Gasteiger partial charge in [0.1, 0.15) is 0 Å². The second-order valence-electron chi connectivity index (χ2n) is 5.09. The lowest BCUT2D eigenvalue weighted by atomic mass is 10.1. The van der Waals surface area contributed by atoms with Crippen LogP contribution < -0.4 is 10.6 Å². The number of carboxylic acid groups (broad SMARTS) is 1. The average Bonchev–Trinajstić information content (AvgIpc) is 3.17. The Morgan fingerprint density at radius 1 is 1.42 bits per heavy atom. The first-order valence-corrected chi connectivity index (χ1v) is 6.84. The van der Waals surface area contributed by atoms with Gasteiger partial charge in [0, 0.05) is 19.7 Å². The monoisotopic (exact) mass is 272 g/mol. The van der Waals surface area contributed by atoms with Crippen molar-refractivity contribution in [3.05, 3.63) is 0 Å². The Hall–Kier alpha value is -1.30. The Morgan fingerprint density at radius 3 is 2.58 bits per heavy atom. The maximum atomic E-state index is 11.7. The average molecular weight is 272 g/mol. The molecular weight excluding hydrogens is 248 g/mol. The predicted molar refractivity (Wildman–Crippen MR) is 71.0 cm³/mol. The highest BCUT2D eigenvalue weighted by atomic mass is 16.5. The standard InChI is InChI=1S/C13H24N2O4/c1-3-10(6-9-4-5-9)15-13(18)14-8-11(19-2)7-12(16)17/h9-11H,3-8H2,1-2H3,(H,16,17)(H2,14,15,18). The van der Waals surface area contributed by atoms with E-state index in [2.05, 4.69) is 17.6 Å². The van der Waals surface area contributed by atoms with Gasteiger partial charge in [-0.25, -0.2) is 4.79 Å². The van der Waals surface area contributed by atoms with Gasteiger partial charge in [0.2, 0.25) is 0 Å². The van der Waals surface area contributed by atoms with Crippen LogP contribution in [-0.2, 0) is 9.53 Å². The van der Waals surface area contributed by atoms with Crippen LogP contribution in [0, 0.1) is 5.92 Å². The summed E-state index contributed by atoms with van der Waals surface area (Å²) >= 11 is 0. The van der Waals surface area contributed by atoms with Crippen molar-refractivity contribution in [3.8, 4) is 0 Å². The molecule has 2 unspecified atom stereocenters. The van der Waals surface area contributed by atoms with Crippen molar-refractivity contribution in [1.82, 2.24) is 10.6 Å². The largest absolute Gasteiger partial charge is 0.481 e. The zero-order valence-corrected chi connectivity index (χ0v) is 11.6. The molecule has 3 N–H and O–H groups in total. The smallest absolute Gasteiger partial charge is 0.315 e. The van der Waals surface area contributed by atoms with Crippen LogP contribution in [0.5, 0.6) is 0 Å². The zero-order chi connectivity index (χ0) is 14.3. The Bertz CT molecular complexity index is 305. The van der Waals surface area contributed by atoms with Crippen molar-refractivity contribution < 1.29 is 19.4 Å². The summed E-state index contributed by atoms with van der Waals surface area (Å²) in [5, 5.41) is 14.2. The summed E-state index contributed by atoms with van der Waals surface area (Å²) < 4.78 is 4.99. The molecule has 0 aromatic rings. The first kappa shape index (κ1) is 15.8. The van der Waals surface area contributed by atoms with Crippen LogP contribution >= 0.6 is 0 Å². The van der Waals surface area contributed by atoms with Gasteiger partial charge < -0.3 is 20.5 Å². The van der Waals surface area contributed by atoms with E-state index in [9.17, 15) is 9.59 Å². The molecule has 0 bridgehead atoms. The molecule has 1 aliphatic carbocycles. The van der Waals surface area contributed by atoms with Crippen LogP contribution in [-0.4, -0.2) is 42.9 Å². The third-order valence-corrected chi connectivity index (χ3v) is 3.37. The molecule has 1 saturated carbocycles. The number of carbonyl (C=O) groups is 2. The molecule has 2 atom stereocenters. The minimum atomic E-state index is -0.936. The summed E-state index contributed by atoms with van der Waals surface area (Å²) in [7, 11) is 1.44. The number of hydrogen-bond acceptors (Lipinski definition) is 3. The number of nitrogens with one attached hydrogen (secondary N) is 2. The summed E-state index contributed by atoms with van der Waals surface area (Å²) in [6.07, 6.45) is 3.87. The van der Waals surface area contributed by atoms with Crippen molar-refractivity contribution in [2.75, 3.05) is 13.7 Å². The van der Waals surface area contributed by atoms with Crippen LogP contribution in [0.15, 0.2) is 0 Å². The topological polar surface area (TPSA) is 87.7 Å². The predicted octanol–water partition coefficient (Wildman–Crippen LogP) is 1.35. The van der Waals surface area contributed by atoms with E-state index in [1.165, 1.54) is 20.0 Å². The van der Waals surface area contributed by atoms with Crippen molar-refractivity contribution >= 4 is 12.0 Å². The molecule has 0 aromatic heterocycles. The normalized spacial score (nSPS) is 17.6. The van der Waals surface area contributed by atoms with Gasteiger partial charge >= 0.3 is 12.0 Å². The Kier molecular flexibility index (Phi) is 6.62. The molecule has 0 saturated heterocycles. The van der Waals surface area contributed by atoms with E-state index in [1.54, 1.807) is 0 Å². The van der Waals surface area contributed by atoms with E-state index in [1.807, 2.05) is 0 Å². The SMILES string of the molecule is CCC(CC1CC1)NC(=O)NCC(CC(=O)O)OC. The molecule has 110 valence electrons. The summed E-state index contributed by atoms with van der Waals surface area (Å²) in [5.74, 6) is -0.168. The quantitative estimate of drug-likeness (QED) is 0.591. The fraction of sp³-hybridized carbons (Fsp3) is 0.846. The van der Waals surface area contributed by atoms with Crippen LogP contribution in [0.1, 0.15) is 39.0 Å². The molecule has 1 rings (SSSR count). The van der Waals surface area contributed by atoms with E-state index in [0.29, 0.717) is 0 Å². The summed E-state index contributed by atoms with van der Waals surface area (Å²) in [6, 6.07) is -0.0482. The molecule has 0 heterocycles. The third kappa shape index (κ3) is 7.00.